The average molecular weight is 292 g/mol. The smallest absolute Gasteiger partial charge is 0.250 e. The number of pyridine rings is 1. The fourth-order valence-corrected chi connectivity index (χ4v) is 2.44. The number of carbonyl (C=O) groups excluding carboxylic acids is 1. The van der Waals surface area contributed by atoms with Crippen LogP contribution >= 0.6 is 11.3 Å². The maximum absolute atomic E-state index is 11.8. The van der Waals surface area contributed by atoms with E-state index in [4.69, 9.17) is 0 Å². The molecule has 6 nitrogen and oxygen atoms in total. The van der Waals surface area contributed by atoms with Crippen LogP contribution in [0.1, 0.15) is 24.8 Å². The van der Waals surface area contributed by atoms with Gasteiger partial charge in [0.05, 0.1) is 0 Å². The second-order valence-electron chi connectivity index (χ2n) is 4.32. The van der Waals surface area contributed by atoms with E-state index in [0.717, 1.165) is 24.3 Å². The van der Waals surface area contributed by atoms with E-state index in [1.165, 1.54) is 22.0 Å². The number of rotatable bonds is 6. The normalized spacial score (nSPS) is 10.4. The first kappa shape index (κ1) is 14.4. The first-order valence-electron chi connectivity index (χ1n) is 6.46. The van der Waals surface area contributed by atoms with Crippen molar-refractivity contribution in [3.63, 3.8) is 0 Å². The molecule has 0 fully saturated rings. The van der Waals surface area contributed by atoms with E-state index in [-0.39, 0.29) is 18.0 Å². The molecule has 2 aromatic rings. The minimum Gasteiger partial charge on any atom is -0.306 e. The summed E-state index contributed by atoms with van der Waals surface area (Å²) in [7, 11) is 0. The highest BCUT2D eigenvalue weighted by Crippen LogP contribution is 2.16. The molecule has 2 rings (SSSR count). The van der Waals surface area contributed by atoms with Crippen LogP contribution in [0, 0.1) is 0 Å². The van der Waals surface area contributed by atoms with Gasteiger partial charge in [-0.2, -0.15) is 0 Å². The number of amides is 1. The molecule has 0 atom stereocenters. The summed E-state index contributed by atoms with van der Waals surface area (Å²) in [5.74, 6) is -0.281. The number of carbonyl (C=O) groups is 1. The predicted molar refractivity (Wildman–Crippen MR) is 77.9 cm³/mol. The highest BCUT2D eigenvalue weighted by molar-refractivity contribution is 7.15. The van der Waals surface area contributed by atoms with Crippen LogP contribution in [0.25, 0.3) is 0 Å². The summed E-state index contributed by atoms with van der Waals surface area (Å²) in [6, 6.07) is 4.77. The zero-order chi connectivity index (χ0) is 14.4. The molecule has 0 saturated carbocycles. The van der Waals surface area contributed by atoms with E-state index < -0.39 is 0 Å². The van der Waals surface area contributed by atoms with Crippen molar-refractivity contribution in [3.05, 3.63) is 39.8 Å². The molecule has 1 N–H and O–H groups in total. The van der Waals surface area contributed by atoms with Gasteiger partial charge >= 0.3 is 0 Å². The molecule has 0 unspecified atom stereocenters. The van der Waals surface area contributed by atoms with Crippen LogP contribution < -0.4 is 10.9 Å². The van der Waals surface area contributed by atoms with Crippen LogP contribution in [-0.2, 0) is 17.8 Å². The van der Waals surface area contributed by atoms with Gasteiger partial charge in [-0.3, -0.25) is 14.9 Å². The largest absolute Gasteiger partial charge is 0.306 e. The SMILES string of the molecule is CCCCc1nnc(NC(=O)Cn2ccccc2=O)s1. The first-order valence-corrected chi connectivity index (χ1v) is 7.28. The van der Waals surface area contributed by atoms with Crippen LogP contribution in [0.5, 0.6) is 0 Å². The maximum Gasteiger partial charge on any atom is 0.250 e. The topological polar surface area (TPSA) is 76.9 Å². The van der Waals surface area contributed by atoms with Gasteiger partial charge in [-0.15, -0.1) is 10.2 Å². The molecule has 2 heterocycles. The third kappa shape index (κ3) is 3.99. The van der Waals surface area contributed by atoms with Crippen molar-refractivity contribution in [1.82, 2.24) is 14.8 Å². The molecule has 1 amide bonds. The molecular weight excluding hydrogens is 276 g/mol. The first-order chi connectivity index (χ1) is 9.69. The van der Waals surface area contributed by atoms with Crippen molar-refractivity contribution < 1.29 is 4.79 Å². The summed E-state index contributed by atoms with van der Waals surface area (Å²) in [5.41, 5.74) is -0.205. The Morgan fingerprint density at radius 2 is 2.25 bits per heavy atom. The molecule has 0 spiro atoms. The summed E-state index contributed by atoms with van der Waals surface area (Å²) in [6.07, 6.45) is 4.61. The quantitative estimate of drug-likeness (QED) is 0.878. The van der Waals surface area contributed by atoms with Gasteiger partial charge < -0.3 is 4.57 Å². The lowest BCUT2D eigenvalue weighted by atomic mass is 10.3. The van der Waals surface area contributed by atoms with Crippen molar-refractivity contribution in [2.75, 3.05) is 5.32 Å². The van der Waals surface area contributed by atoms with Gasteiger partial charge in [0.25, 0.3) is 5.56 Å². The molecule has 0 aliphatic rings. The number of aryl methyl sites for hydroxylation is 1. The van der Waals surface area contributed by atoms with Gasteiger partial charge in [-0.25, -0.2) is 0 Å². The van der Waals surface area contributed by atoms with Crippen molar-refractivity contribution in [1.29, 1.82) is 0 Å². The minimum absolute atomic E-state index is 0.0243. The summed E-state index contributed by atoms with van der Waals surface area (Å²) in [6.45, 7) is 2.09. The van der Waals surface area contributed by atoms with Gasteiger partial charge in [-0.05, 0) is 12.5 Å². The Morgan fingerprint density at radius 1 is 1.40 bits per heavy atom. The van der Waals surface area contributed by atoms with Gasteiger partial charge in [0.15, 0.2) is 0 Å². The zero-order valence-electron chi connectivity index (χ0n) is 11.2. The molecule has 0 radical (unpaired) electrons. The zero-order valence-corrected chi connectivity index (χ0v) is 12.0. The minimum atomic E-state index is -0.281. The predicted octanol–water partition coefficient (Wildman–Crippen LogP) is 1.68. The highest BCUT2D eigenvalue weighted by Gasteiger charge is 2.09. The van der Waals surface area contributed by atoms with E-state index in [1.54, 1.807) is 18.3 Å². The molecular formula is C13H16N4O2S. The van der Waals surface area contributed by atoms with Crippen LogP contribution in [0.3, 0.4) is 0 Å². The third-order valence-corrected chi connectivity index (χ3v) is 3.57. The number of unbranched alkanes of at least 4 members (excludes halogenated alkanes) is 1. The molecule has 2 aromatic heterocycles. The third-order valence-electron chi connectivity index (χ3n) is 2.67. The van der Waals surface area contributed by atoms with Crippen molar-refractivity contribution in [2.24, 2.45) is 0 Å². The van der Waals surface area contributed by atoms with E-state index in [0.29, 0.717) is 5.13 Å². The van der Waals surface area contributed by atoms with Crippen molar-refractivity contribution >= 4 is 22.4 Å². The number of aromatic nitrogens is 3. The molecule has 0 bridgehead atoms. The van der Waals surface area contributed by atoms with E-state index >= 15 is 0 Å². The van der Waals surface area contributed by atoms with Crippen molar-refractivity contribution in [2.45, 2.75) is 32.7 Å². The number of hydrogen-bond donors (Lipinski definition) is 1. The van der Waals surface area contributed by atoms with Crippen LogP contribution in [0.2, 0.25) is 0 Å². The van der Waals surface area contributed by atoms with Crippen molar-refractivity contribution in [3.8, 4) is 0 Å². The fraction of sp³-hybridized carbons (Fsp3) is 0.385. The highest BCUT2D eigenvalue weighted by atomic mass is 32.1. The molecule has 0 aliphatic carbocycles. The fourth-order valence-electron chi connectivity index (χ4n) is 1.64. The molecule has 0 aliphatic heterocycles. The Bertz CT molecular complexity index is 635. The summed E-state index contributed by atoms with van der Waals surface area (Å²) in [5, 5.41) is 12.0. The number of nitrogens with zero attached hydrogens (tertiary/aromatic N) is 3. The van der Waals surface area contributed by atoms with Gasteiger partial charge in [0.1, 0.15) is 11.6 Å². The average Bonchev–Trinajstić information content (AvgIpc) is 2.86. The second-order valence-corrected chi connectivity index (χ2v) is 5.38. The van der Waals surface area contributed by atoms with Crippen LogP contribution in [-0.4, -0.2) is 20.7 Å². The molecule has 106 valence electrons. The van der Waals surface area contributed by atoms with Gasteiger partial charge in [0.2, 0.25) is 11.0 Å². The second kappa shape index (κ2) is 6.95. The Morgan fingerprint density at radius 3 is 3.00 bits per heavy atom. The molecule has 7 heteroatoms. The lowest BCUT2D eigenvalue weighted by molar-refractivity contribution is -0.116. The Labute approximate surface area is 120 Å². The molecule has 20 heavy (non-hydrogen) atoms. The lowest BCUT2D eigenvalue weighted by Gasteiger charge is -2.03. The Balaban J connectivity index is 1.93. The Kier molecular flexibility index (Phi) is 5.00. The van der Waals surface area contributed by atoms with Gasteiger partial charge in [0, 0.05) is 18.7 Å². The molecule has 0 aromatic carbocycles. The number of hydrogen-bond acceptors (Lipinski definition) is 5. The van der Waals surface area contributed by atoms with Gasteiger partial charge in [-0.1, -0.05) is 30.7 Å². The van der Waals surface area contributed by atoms with E-state index in [9.17, 15) is 9.59 Å². The van der Waals surface area contributed by atoms with Crippen LogP contribution in [0.15, 0.2) is 29.2 Å². The monoisotopic (exact) mass is 292 g/mol. The summed E-state index contributed by atoms with van der Waals surface area (Å²) in [4.78, 5) is 23.3. The van der Waals surface area contributed by atoms with Crippen LogP contribution in [0.4, 0.5) is 5.13 Å². The number of anilines is 1. The summed E-state index contributed by atoms with van der Waals surface area (Å²) < 4.78 is 1.34. The van der Waals surface area contributed by atoms with E-state index in [2.05, 4.69) is 22.4 Å². The maximum atomic E-state index is 11.8. The standard InChI is InChI=1S/C13H16N4O2S/c1-2-3-6-11-15-16-13(20-11)14-10(18)9-17-8-5-4-7-12(17)19/h4-5,7-8H,2-3,6,9H2,1H3,(H,14,16,18). The Hall–Kier alpha value is -2.02. The lowest BCUT2D eigenvalue weighted by Crippen LogP contribution is -2.26. The molecule has 0 saturated heterocycles. The number of nitrogens with one attached hydrogen (secondary N) is 1. The van der Waals surface area contributed by atoms with E-state index in [1.807, 2.05) is 0 Å². The summed E-state index contributed by atoms with van der Waals surface area (Å²) >= 11 is 1.37.